The van der Waals surface area contributed by atoms with Crippen molar-refractivity contribution >= 4 is 23.2 Å². The molecule has 1 aliphatic heterocycles. The number of methoxy groups -OCH3 is 1. The van der Waals surface area contributed by atoms with E-state index < -0.39 is 0 Å². The number of hydrogen-bond donors (Lipinski definition) is 1. The Morgan fingerprint density at radius 1 is 1.35 bits per heavy atom. The van der Waals surface area contributed by atoms with Crippen LogP contribution in [0.5, 0.6) is 0 Å². The molecule has 1 fully saturated rings. The highest BCUT2D eigenvalue weighted by atomic mass is 32.1. The molecule has 138 valence electrons. The summed E-state index contributed by atoms with van der Waals surface area (Å²) in [5.74, 6) is -0.307. The Labute approximate surface area is 157 Å². The first-order valence-electron chi connectivity index (χ1n) is 8.68. The van der Waals surface area contributed by atoms with Crippen LogP contribution in [0.1, 0.15) is 35.8 Å². The number of rotatable bonds is 5. The summed E-state index contributed by atoms with van der Waals surface area (Å²) in [6.07, 6.45) is 2.11. The standard InChI is InChI=1S/C19H23N3O3S/c1-13(23)20-16-4-3-9-22(10-16)11-17-12-26-18(21-17)14-5-7-15(8-6-14)19(24)25-2/h5-8,12,16H,3-4,9-11H2,1-2H3,(H,20,23)/t16-/m0/s1. The molecule has 2 aromatic rings. The molecule has 1 aromatic heterocycles. The molecular formula is C19H23N3O3S. The summed E-state index contributed by atoms with van der Waals surface area (Å²) in [6, 6.07) is 7.52. The highest BCUT2D eigenvalue weighted by Crippen LogP contribution is 2.25. The van der Waals surface area contributed by atoms with Crippen molar-refractivity contribution in [3.05, 3.63) is 40.9 Å². The average molecular weight is 373 g/mol. The molecule has 2 heterocycles. The zero-order chi connectivity index (χ0) is 18.5. The van der Waals surface area contributed by atoms with E-state index in [0.29, 0.717) is 5.56 Å². The molecule has 0 aliphatic carbocycles. The van der Waals surface area contributed by atoms with Gasteiger partial charge in [-0.2, -0.15) is 0 Å². The van der Waals surface area contributed by atoms with Crippen molar-refractivity contribution in [3.63, 3.8) is 0 Å². The maximum Gasteiger partial charge on any atom is 0.337 e. The van der Waals surface area contributed by atoms with Gasteiger partial charge in [-0.15, -0.1) is 11.3 Å². The fourth-order valence-corrected chi connectivity index (χ4v) is 4.03. The third-order valence-corrected chi connectivity index (χ3v) is 5.34. The number of nitrogens with one attached hydrogen (secondary N) is 1. The SMILES string of the molecule is COC(=O)c1ccc(-c2nc(CN3CCC[C@H](NC(C)=O)C3)cs2)cc1. The van der Waals surface area contributed by atoms with E-state index in [1.165, 1.54) is 7.11 Å². The number of carbonyl (C=O) groups excluding carboxylic acids is 2. The zero-order valence-electron chi connectivity index (χ0n) is 15.0. The first-order valence-corrected chi connectivity index (χ1v) is 9.55. The van der Waals surface area contributed by atoms with E-state index >= 15 is 0 Å². The highest BCUT2D eigenvalue weighted by molar-refractivity contribution is 7.13. The quantitative estimate of drug-likeness (QED) is 0.816. The normalized spacial score (nSPS) is 17.7. The minimum Gasteiger partial charge on any atom is -0.465 e. The largest absolute Gasteiger partial charge is 0.465 e. The van der Waals surface area contributed by atoms with Gasteiger partial charge in [0.1, 0.15) is 5.01 Å². The first kappa shape index (κ1) is 18.5. The molecule has 7 heteroatoms. The summed E-state index contributed by atoms with van der Waals surface area (Å²) in [4.78, 5) is 29.8. The lowest BCUT2D eigenvalue weighted by molar-refractivity contribution is -0.120. The van der Waals surface area contributed by atoms with Gasteiger partial charge in [0.15, 0.2) is 0 Å². The second kappa shape index (κ2) is 8.42. The van der Waals surface area contributed by atoms with Crippen molar-refractivity contribution < 1.29 is 14.3 Å². The van der Waals surface area contributed by atoms with Crippen LogP contribution in [-0.2, 0) is 16.1 Å². The molecule has 1 N–H and O–H groups in total. The zero-order valence-corrected chi connectivity index (χ0v) is 15.8. The molecule has 1 aromatic carbocycles. The average Bonchev–Trinajstić information content (AvgIpc) is 3.09. The Balaban J connectivity index is 1.62. The van der Waals surface area contributed by atoms with Crippen molar-refractivity contribution in [1.82, 2.24) is 15.2 Å². The molecule has 0 unspecified atom stereocenters. The van der Waals surface area contributed by atoms with E-state index in [2.05, 4.69) is 15.6 Å². The second-order valence-corrected chi connectivity index (χ2v) is 7.35. The third-order valence-electron chi connectivity index (χ3n) is 4.40. The number of ether oxygens (including phenoxy) is 1. The van der Waals surface area contributed by atoms with Crippen LogP contribution >= 0.6 is 11.3 Å². The van der Waals surface area contributed by atoms with Crippen molar-refractivity contribution in [2.24, 2.45) is 0 Å². The van der Waals surface area contributed by atoms with Gasteiger partial charge in [0.25, 0.3) is 0 Å². The van der Waals surface area contributed by atoms with Crippen LogP contribution in [0.2, 0.25) is 0 Å². The first-order chi connectivity index (χ1) is 12.5. The van der Waals surface area contributed by atoms with Gasteiger partial charge < -0.3 is 10.1 Å². The van der Waals surface area contributed by atoms with Crippen LogP contribution in [0.25, 0.3) is 10.6 Å². The van der Waals surface area contributed by atoms with Crippen LogP contribution < -0.4 is 5.32 Å². The van der Waals surface area contributed by atoms with Crippen LogP contribution in [-0.4, -0.2) is 48.0 Å². The van der Waals surface area contributed by atoms with Gasteiger partial charge in [-0.3, -0.25) is 9.69 Å². The fraction of sp³-hybridized carbons (Fsp3) is 0.421. The number of thiazole rings is 1. The minimum absolute atomic E-state index is 0.0307. The van der Waals surface area contributed by atoms with Crippen LogP contribution in [0.15, 0.2) is 29.6 Å². The molecular weight excluding hydrogens is 350 g/mol. The number of esters is 1. The summed E-state index contributed by atoms with van der Waals surface area (Å²) >= 11 is 1.60. The number of hydrogen-bond acceptors (Lipinski definition) is 6. The van der Waals surface area contributed by atoms with E-state index in [1.54, 1.807) is 30.4 Å². The lowest BCUT2D eigenvalue weighted by Gasteiger charge is -2.32. The number of amides is 1. The number of carbonyl (C=O) groups is 2. The monoisotopic (exact) mass is 373 g/mol. The molecule has 0 radical (unpaired) electrons. The van der Waals surface area contributed by atoms with Crippen LogP contribution in [0.4, 0.5) is 0 Å². The molecule has 3 rings (SSSR count). The summed E-state index contributed by atoms with van der Waals surface area (Å²) in [5.41, 5.74) is 2.56. The number of likely N-dealkylation sites (tertiary alicyclic amines) is 1. The van der Waals surface area contributed by atoms with Gasteiger partial charge in [0.2, 0.25) is 5.91 Å². The van der Waals surface area contributed by atoms with Gasteiger partial charge in [-0.05, 0) is 31.5 Å². The summed E-state index contributed by atoms with van der Waals surface area (Å²) in [6.45, 7) is 4.24. The van der Waals surface area contributed by atoms with Crippen molar-refractivity contribution in [2.75, 3.05) is 20.2 Å². The topological polar surface area (TPSA) is 71.5 Å². The van der Waals surface area contributed by atoms with Gasteiger partial charge in [0.05, 0.1) is 18.4 Å². The Morgan fingerprint density at radius 3 is 2.81 bits per heavy atom. The maximum absolute atomic E-state index is 11.5. The Kier molecular flexibility index (Phi) is 6.00. The number of aromatic nitrogens is 1. The van der Waals surface area contributed by atoms with E-state index in [-0.39, 0.29) is 17.9 Å². The Bertz CT molecular complexity index is 773. The predicted octanol–water partition coefficient (Wildman–Crippen LogP) is 2.70. The number of piperidine rings is 1. The van der Waals surface area contributed by atoms with Gasteiger partial charge in [0, 0.05) is 37.0 Å². The molecule has 6 nitrogen and oxygen atoms in total. The second-order valence-electron chi connectivity index (χ2n) is 6.49. The molecule has 1 atom stereocenters. The smallest absolute Gasteiger partial charge is 0.337 e. The molecule has 1 amide bonds. The fourth-order valence-electron chi connectivity index (χ4n) is 3.21. The van der Waals surface area contributed by atoms with Gasteiger partial charge in [-0.1, -0.05) is 12.1 Å². The van der Waals surface area contributed by atoms with E-state index in [9.17, 15) is 9.59 Å². The number of nitrogens with zero attached hydrogens (tertiary/aromatic N) is 2. The summed E-state index contributed by atoms with van der Waals surface area (Å²) < 4.78 is 4.72. The minimum atomic E-state index is -0.338. The predicted molar refractivity (Wildman–Crippen MR) is 101 cm³/mol. The van der Waals surface area contributed by atoms with Crippen molar-refractivity contribution in [2.45, 2.75) is 32.4 Å². The molecule has 26 heavy (non-hydrogen) atoms. The van der Waals surface area contributed by atoms with E-state index in [0.717, 1.165) is 48.7 Å². The Hall–Kier alpha value is -2.25. The summed E-state index contributed by atoms with van der Waals surface area (Å²) in [5, 5.41) is 6.02. The van der Waals surface area contributed by atoms with Crippen molar-refractivity contribution in [1.29, 1.82) is 0 Å². The van der Waals surface area contributed by atoms with Crippen molar-refractivity contribution in [3.8, 4) is 10.6 Å². The third kappa shape index (κ3) is 4.68. The lowest BCUT2D eigenvalue weighted by atomic mass is 10.1. The van der Waals surface area contributed by atoms with E-state index in [4.69, 9.17) is 9.72 Å². The molecule has 0 saturated carbocycles. The van der Waals surface area contributed by atoms with E-state index in [1.807, 2.05) is 12.1 Å². The molecule has 1 saturated heterocycles. The molecule has 0 spiro atoms. The lowest BCUT2D eigenvalue weighted by Crippen LogP contribution is -2.46. The highest BCUT2D eigenvalue weighted by Gasteiger charge is 2.21. The maximum atomic E-state index is 11.5. The summed E-state index contributed by atoms with van der Waals surface area (Å²) in [7, 11) is 1.38. The molecule has 0 bridgehead atoms. The van der Waals surface area contributed by atoms with Gasteiger partial charge >= 0.3 is 5.97 Å². The van der Waals surface area contributed by atoms with Crippen LogP contribution in [0.3, 0.4) is 0 Å². The number of benzene rings is 1. The molecule has 1 aliphatic rings. The van der Waals surface area contributed by atoms with Crippen LogP contribution in [0, 0.1) is 0 Å². The van der Waals surface area contributed by atoms with Gasteiger partial charge in [-0.25, -0.2) is 9.78 Å². The Morgan fingerprint density at radius 2 is 2.12 bits per heavy atom.